The summed E-state index contributed by atoms with van der Waals surface area (Å²) in [4.78, 5) is 13.6. The van der Waals surface area contributed by atoms with E-state index in [-0.39, 0.29) is 23.0 Å². The van der Waals surface area contributed by atoms with Crippen LogP contribution in [0.5, 0.6) is 11.5 Å². The molecule has 0 bridgehead atoms. The number of allylic oxidation sites excluding steroid dienone is 1. The molecule has 0 saturated heterocycles. The number of benzene rings is 2. The van der Waals surface area contributed by atoms with Crippen molar-refractivity contribution in [2.24, 2.45) is 0 Å². The maximum absolute atomic E-state index is 13.8. The first-order chi connectivity index (χ1) is 14.7. The van der Waals surface area contributed by atoms with E-state index in [2.05, 4.69) is 0 Å². The SMILES string of the molecule is Cc1ccsc1/C=C1\Oc2cc(OCc3c(F)c(F)c(F)c(F)c3F)cc(C)c2C1=O. The molecule has 2 heterocycles. The lowest BCUT2D eigenvalue weighted by molar-refractivity contribution is 0.101. The number of thiophene rings is 1. The smallest absolute Gasteiger partial charge is 0.232 e. The summed E-state index contributed by atoms with van der Waals surface area (Å²) in [5.74, 6) is -10.2. The third-order valence-corrected chi connectivity index (χ3v) is 5.76. The molecule has 0 spiro atoms. The van der Waals surface area contributed by atoms with Gasteiger partial charge in [-0.25, -0.2) is 22.0 Å². The Balaban J connectivity index is 1.62. The number of carbonyl (C=O) groups is 1. The molecule has 2 aromatic carbocycles. The zero-order valence-corrected chi connectivity index (χ0v) is 16.9. The maximum atomic E-state index is 13.8. The molecule has 0 aliphatic carbocycles. The quantitative estimate of drug-likeness (QED) is 0.203. The number of hydrogen-bond acceptors (Lipinski definition) is 4. The second-order valence-electron chi connectivity index (χ2n) is 6.86. The Hall–Kier alpha value is -3.20. The fourth-order valence-corrected chi connectivity index (χ4v) is 3.99. The molecule has 0 radical (unpaired) electrons. The predicted molar refractivity (Wildman–Crippen MR) is 104 cm³/mol. The highest BCUT2D eigenvalue weighted by atomic mass is 32.1. The molecule has 0 N–H and O–H groups in total. The number of ketones is 1. The number of hydrogen-bond donors (Lipinski definition) is 0. The monoisotopic (exact) mass is 452 g/mol. The molecule has 1 aromatic heterocycles. The van der Waals surface area contributed by atoms with Crippen LogP contribution in [0.1, 0.15) is 31.9 Å². The lowest BCUT2D eigenvalue weighted by Crippen LogP contribution is -2.10. The van der Waals surface area contributed by atoms with Crippen molar-refractivity contribution < 1.29 is 36.2 Å². The zero-order chi connectivity index (χ0) is 22.4. The Kier molecular flexibility index (Phi) is 5.30. The zero-order valence-electron chi connectivity index (χ0n) is 16.1. The standard InChI is InChI=1S/C22H13F5O3S/c1-9-3-4-31-15(9)7-14-22(28)16-10(2)5-11(6-13(16)30-14)29-8-12-17(23)19(25)21(27)20(26)18(12)24/h3-7H,8H2,1-2H3/b14-7-. The highest BCUT2D eigenvalue weighted by Gasteiger charge is 2.31. The van der Waals surface area contributed by atoms with Crippen LogP contribution in [0.4, 0.5) is 22.0 Å². The summed E-state index contributed by atoms with van der Waals surface area (Å²) >= 11 is 1.44. The van der Waals surface area contributed by atoms with Crippen molar-refractivity contribution in [3.63, 3.8) is 0 Å². The molecule has 0 fully saturated rings. The Labute approximate surface area is 177 Å². The summed E-state index contributed by atoms with van der Waals surface area (Å²) in [6.45, 7) is 2.60. The second-order valence-corrected chi connectivity index (χ2v) is 7.81. The van der Waals surface area contributed by atoms with Gasteiger partial charge in [0.25, 0.3) is 0 Å². The topological polar surface area (TPSA) is 35.5 Å². The van der Waals surface area contributed by atoms with Crippen LogP contribution in [-0.4, -0.2) is 5.78 Å². The van der Waals surface area contributed by atoms with Gasteiger partial charge in [0.2, 0.25) is 11.6 Å². The Morgan fingerprint density at radius 2 is 1.61 bits per heavy atom. The van der Waals surface area contributed by atoms with Crippen molar-refractivity contribution in [3.05, 3.63) is 85.6 Å². The largest absolute Gasteiger partial charge is 0.489 e. The van der Waals surface area contributed by atoms with E-state index in [1.165, 1.54) is 23.5 Å². The van der Waals surface area contributed by atoms with E-state index in [0.29, 0.717) is 11.1 Å². The van der Waals surface area contributed by atoms with Gasteiger partial charge in [-0.05, 0) is 42.5 Å². The summed E-state index contributed by atoms with van der Waals surface area (Å²) in [6.07, 6.45) is 1.62. The molecule has 31 heavy (non-hydrogen) atoms. The van der Waals surface area contributed by atoms with Gasteiger partial charge in [0.15, 0.2) is 29.0 Å². The molecule has 9 heteroatoms. The van der Waals surface area contributed by atoms with E-state index < -0.39 is 41.3 Å². The molecule has 0 unspecified atom stereocenters. The van der Waals surface area contributed by atoms with Crippen molar-refractivity contribution in [1.82, 2.24) is 0 Å². The van der Waals surface area contributed by atoms with E-state index in [1.807, 2.05) is 18.4 Å². The highest BCUT2D eigenvalue weighted by Crippen LogP contribution is 2.38. The number of carbonyl (C=O) groups excluding carboxylic acids is 1. The van der Waals surface area contributed by atoms with Crippen molar-refractivity contribution in [3.8, 4) is 11.5 Å². The first kappa shape index (κ1) is 21.0. The van der Waals surface area contributed by atoms with Crippen LogP contribution in [-0.2, 0) is 6.61 Å². The van der Waals surface area contributed by atoms with Crippen LogP contribution in [0.15, 0.2) is 29.3 Å². The highest BCUT2D eigenvalue weighted by molar-refractivity contribution is 7.11. The lowest BCUT2D eigenvalue weighted by atomic mass is 10.0. The van der Waals surface area contributed by atoms with Gasteiger partial charge in [0, 0.05) is 17.0 Å². The van der Waals surface area contributed by atoms with E-state index in [1.54, 1.807) is 13.0 Å². The van der Waals surface area contributed by atoms with E-state index in [9.17, 15) is 26.7 Å². The van der Waals surface area contributed by atoms with Crippen molar-refractivity contribution in [2.45, 2.75) is 20.5 Å². The number of Topliss-reactive ketones (excluding diaryl/α,β-unsaturated/α-hetero) is 1. The van der Waals surface area contributed by atoms with Crippen molar-refractivity contribution >= 4 is 23.2 Å². The van der Waals surface area contributed by atoms with Gasteiger partial charge < -0.3 is 9.47 Å². The minimum Gasteiger partial charge on any atom is -0.489 e. The van der Waals surface area contributed by atoms with Gasteiger partial charge >= 0.3 is 0 Å². The van der Waals surface area contributed by atoms with Crippen LogP contribution in [0, 0.1) is 42.9 Å². The number of fused-ring (bicyclic) bond motifs is 1. The third-order valence-electron chi connectivity index (χ3n) is 4.79. The third kappa shape index (κ3) is 3.59. The van der Waals surface area contributed by atoms with Crippen LogP contribution in [0.2, 0.25) is 0 Å². The molecule has 1 aliphatic heterocycles. The average molecular weight is 452 g/mol. The molecule has 4 rings (SSSR count). The molecule has 0 amide bonds. The van der Waals surface area contributed by atoms with Crippen LogP contribution in [0.3, 0.4) is 0 Å². The number of rotatable bonds is 4. The first-order valence-corrected chi connectivity index (χ1v) is 9.83. The summed E-state index contributed by atoms with van der Waals surface area (Å²) < 4.78 is 78.5. The molecular weight excluding hydrogens is 439 g/mol. The van der Waals surface area contributed by atoms with Gasteiger partial charge in [-0.2, -0.15) is 0 Å². The van der Waals surface area contributed by atoms with E-state index in [0.717, 1.165) is 10.4 Å². The van der Waals surface area contributed by atoms with Crippen LogP contribution >= 0.6 is 11.3 Å². The Morgan fingerprint density at radius 1 is 0.968 bits per heavy atom. The maximum Gasteiger partial charge on any atom is 0.232 e. The predicted octanol–water partition coefficient (Wildman–Crippen LogP) is 6.26. The molecule has 160 valence electrons. The fraction of sp³-hybridized carbons (Fsp3) is 0.136. The molecular formula is C22H13F5O3S. The minimum atomic E-state index is -2.24. The first-order valence-electron chi connectivity index (χ1n) is 8.95. The van der Waals surface area contributed by atoms with Crippen molar-refractivity contribution in [1.29, 1.82) is 0 Å². The molecule has 0 atom stereocenters. The second kappa shape index (κ2) is 7.81. The van der Waals surface area contributed by atoms with Gasteiger partial charge in [0.1, 0.15) is 18.1 Å². The van der Waals surface area contributed by atoms with Crippen molar-refractivity contribution in [2.75, 3.05) is 0 Å². The normalized spacial score (nSPS) is 14.2. The summed E-state index contributed by atoms with van der Waals surface area (Å²) in [7, 11) is 0. The number of halogens is 5. The minimum absolute atomic E-state index is 0.0431. The lowest BCUT2D eigenvalue weighted by Gasteiger charge is -2.11. The van der Waals surface area contributed by atoms with Gasteiger partial charge in [-0.3, -0.25) is 4.79 Å². The van der Waals surface area contributed by atoms with E-state index in [4.69, 9.17) is 9.47 Å². The number of aryl methyl sites for hydroxylation is 2. The van der Waals surface area contributed by atoms with Crippen LogP contribution in [0.25, 0.3) is 6.08 Å². The summed E-state index contributed by atoms with van der Waals surface area (Å²) in [5.41, 5.74) is 0.666. The van der Waals surface area contributed by atoms with Gasteiger partial charge in [-0.15, -0.1) is 11.3 Å². The fourth-order valence-electron chi connectivity index (χ4n) is 3.14. The Bertz CT molecular complexity index is 1230. The Morgan fingerprint density at radius 3 is 2.23 bits per heavy atom. The van der Waals surface area contributed by atoms with E-state index >= 15 is 0 Å². The number of ether oxygens (including phenoxy) is 2. The summed E-state index contributed by atoms with van der Waals surface area (Å²) in [5, 5.41) is 1.88. The molecule has 1 aliphatic rings. The molecule has 0 saturated carbocycles. The van der Waals surface area contributed by atoms with Crippen LogP contribution < -0.4 is 9.47 Å². The molecule has 3 aromatic rings. The summed E-state index contributed by atoms with van der Waals surface area (Å²) in [6, 6.07) is 4.65. The molecule has 3 nitrogen and oxygen atoms in total. The van der Waals surface area contributed by atoms with Gasteiger partial charge in [0.05, 0.1) is 11.1 Å². The van der Waals surface area contributed by atoms with Gasteiger partial charge in [-0.1, -0.05) is 0 Å². The average Bonchev–Trinajstić information content (AvgIpc) is 3.28.